The molecule has 1 aliphatic heterocycles. The number of carbonyl (C=O) groups is 1. The van der Waals surface area contributed by atoms with E-state index in [2.05, 4.69) is 33.0 Å². The Hall–Kier alpha value is -0.770. The normalized spacial score (nSPS) is 18.9. The topological polar surface area (TPSA) is 41.6 Å². The van der Waals surface area contributed by atoms with E-state index >= 15 is 0 Å². The Balaban J connectivity index is 2.51. The van der Waals surface area contributed by atoms with Crippen LogP contribution in [-0.2, 0) is 4.74 Å². The van der Waals surface area contributed by atoms with Crippen LogP contribution < -0.4 is 5.32 Å². The molecule has 0 spiro atoms. The zero-order valence-corrected chi connectivity index (χ0v) is 11.6. The van der Waals surface area contributed by atoms with Crippen LogP contribution in [0.5, 0.6) is 0 Å². The Morgan fingerprint density at radius 2 is 1.94 bits per heavy atom. The van der Waals surface area contributed by atoms with Crippen LogP contribution in [0, 0.1) is 5.41 Å². The molecule has 100 valence electrons. The smallest absolute Gasteiger partial charge is 0.410 e. The summed E-state index contributed by atoms with van der Waals surface area (Å²) in [6.45, 7) is 11.7. The first-order valence-corrected chi connectivity index (χ1v) is 6.61. The van der Waals surface area contributed by atoms with Crippen LogP contribution in [0.1, 0.15) is 40.5 Å². The molecule has 1 atom stereocenters. The number of rotatable bonds is 3. The molecule has 0 aliphatic carbocycles. The van der Waals surface area contributed by atoms with Crippen LogP contribution in [0.15, 0.2) is 0 Å². The Morgan fingerprint density at radius 1 is 1.35 bits per heavy atom. The summed E-state index contributed by atoms with van der Waals surface area (Å²) in [5, 5.41) is 3.23. The lowest BCUT2D eigenvalue weighted by Gasteiger charge is -2.34. The van der Waals surface area contributed by atoms with Gasteiger partial charge in [0.1, 0.15) is 6.10 Å². The first-order chi connectivity index (χ1) is 7.95. The maximum atomic E-state index is 12.0. The third-order valence-electron chi connectivity index (χ3n) is 3.14. The summed E-state index contributed by atoms with van der Waals surface area (Å²) in [6, 6.07) is 0. The molecule has 1 rings (SSSR count). The Kier molecular flexibility index (Phi) is 5.25. The van der Waals surface area contributed by atoms with Gasteiger partial charge in [-0.2, -0.15) is 0 Å². The molecule has 17 heavy (non-hydrogen) atoms. The summed E-state index contributed by atoms with van der Waals surface area (Å²) in [5.41, 5.74) is 0.0136. The van der Waals surface area contributed by atoms with E-state index in [0.29, 0.717) is 0 Å². The van der Waals surface area contributed by atoms with Gasteiger partial charge in [-0.15, -0.1) is 0 Å². The predicted molar refractivity (Wildman–Crippen MR) is 69.1 cm³/mol. The second kappa shape index (κ2) is 6.24. The quantitative estimate of drug-likeness (QED) is 0.825. The minimum absolute atomic E-state index is 0.00915. The number of piperazine rings is 1. The molecular formula is C13H26N2O2. The van der Waals surface area contributed by atoms with Crippen LogP contribution in [-0.4, -0.2) is 43.3 Å². The lowest BCUT2D eigenvalue weighted by Crippen LogP contribution is -2.48. The Bertz CT molecular complexity index is 242. The molecule has 1 unspecified atom stereocenters. The molecule has 0 saturated carbocycles. The highest BCUT2D eigenvalue weighted by Crippen LogP contribution is 2.26. The van der Waals surface area contributed by atoms with Gasteiger partial charge in [-0.05, 0) is 11.8 Å². The van der Waals surface area contributed by atoms with E-state index in [1.807, 2.05) is 0 Å². The molecule has 1 fully saturated rings. The fraction of sp³-hybridized carbons (Fsp3) is 0.923. The zero-order valence-electron chi connectivity index (χ0n) is 11.6. The summed E-state index contributed by atoms with van der Waals surface area (Å²) in [7, 11) is 0. The molecule has 4 heteroatoms. The van der Waals surface area contributed by atoms with Crippen molar-refractivity contribution in [3.05, 3.63) is 0 Å². The number of amides is 1. The summed E-state index contributed by atoms with van der Waals surface area (Å²) in [4.78, 5) is 13.8. The minimum Gasteiger partial charge on any atom is -0.446 e. The average Bonchev–Trinajstić information content (AvgIpc) is 2.28. The number of carbonyl (C=O) groups excluding carboxylic acids is 1. The van der Waals surface area contributed by atoms with Gasteiger partial charge in [0.15, 0.2) is 0 Å². The van der Waals surface area contributed by atoms with Crippen LogP contribution in [0.4, 0.5) is 4.79 Å². The second-order valence-electron chi connectivity index (χ2n) is 5.76. The van der Waals surface area contributed by atoms with E-state index in [9.17, 15) is 4.79 Å². The molecule has 4 nitrogen and oxygen atoms in total. The van der Waals surface area contributed by atoms with Crippen molar-refractivity contribution in [2.75, 3.05) is 26.2 Å². The average molecular weight is 242 g/mol. The SMILES string of the molecule is CCCC(OC(=O)N1CCNCC1)C(C)(C)C. The maximum Gasteiger partial charge on any atom is 0.410 e. The third-order valence-corrected chi connectivity index (χ3v) is 3.14. The fourth-order valence-corrected chi connectivity index (χ4v) is 1.97. The molecule has 1 N–H and O–H groups in total. The molecular weight excluding hydrogens is 216 g/mol. The van der Waals surface area contributed by atoms with Gasteiger partial charge < -0.3 is 15.0 Å². The standard InChI is InChI=1S/C13H26N2O2/c1-5-6-11(13(2,3)4)17-12(16)15-9-7-14-8-10-15/h11,14H,5-10H2,1-4H3. The van der Waals surface area contributed by atoms with Crippen LogP contribution >= 0.6 is 0 Å². The van der Waals surface area contributed by atoms with Crippen molar-refractivity contribution in [2.24, 2.45) is 5.41 Å². The van der Waals surface area contributed by atoms with Gasteiger partial charge in [0.25, 0.3) is 0 Å². The number of ether oxygens (including phenoxy) is 1. The molecule has 1 saturated heterocycles. The summed E-state index contributed by atoms with van der Waals surface area (Å²) >= 11 is 0. The Morgan fingerprint density at radius 3 is 2.41 bits per heavy atom. The van der Waals surface area contributed by atoms with Crippen LogP contribution in [0.2, 0.25) is 0 Å². The monoisotopic (exact) mass is 242 g/mol. The van der Waals surface area contributed by atoms with E-state index < -0.39 is 0 Å². The van der Waals surface area contributed by atoms with Crippen molar-refractivity contribution in [2.45, 2.75) is 46.6 Å². The first-order valence-electron chi connectivity index (χ1n) is 6.61. The van der Waals surface area contributed by atoms with Crippen LogP contribution in [0.25, 0.3) is 0 Å². The molecule has 0 aromatic heterocycles. The lowest BCUT2D eigenvalue weighted by molar-refractivity contribution is 0.00352. The van der Waals surface area contributed by atoms with E-state index in [4.69, 9.17) is 4.74 Å². The lowest BCUT2D eigenvalue weighted by atomic mass is 9.86. The molecule has 0 aromatic carbocycles. The number of nitrogens with zero attached hydrogens (tertiary/aromatic N) is 1. The van der Waals surface area contributed by atoms with Gasteiger partial charge >= 0.3 is 6.09 Å². The molecule has 1 aliphatic rings. The van der Waals surface area contributed by atoms with Crippen molar-refractivity contribution >= 4 is 6.09 Å². The Labute approximate surface area is 105 Å². The minimum atomic E-state index is -0.153. The summed E-state index contributed by atoms with van der Waals surface area (Å²) < 4.78 is 5.65. The third kappa shape index (κ3) is 4.54. The molecule has 0 aromatic rings. The van der Waals surface area contributed by atoms with Gasteiger partial charge in [-0.25, -0.2) is 4.79 Å². The van der Waals surface area contributed by atoms with Gasteiger partial charge in [0, 0.05) is 26.2 Å². The maximum absolute atomic E-state index is 12.0. The number of hydrogen-bond donors (Lipinski definition) is 1. The number of hydrogen-bond acceptors (Lipinski definition) is 3. The number of nitrogens with one attached hydrogen (secondary N) is 1. The van der Waals surface area contributed by atoms with E-state index in [1.165, 1.54) is 0 Å². The highest BCUT2D eigenvalue weighted by molar-refractivity contribution is 5.68. The second-order valence-corrected chi connectivity index (χ2v) is 5.76. The van der Waals surface area contributed by atoms with Crippen molar-refractivity contribution in [1.82, 2.24) is 10.2 Å². The highest BCUT2D eigenvalue weighted by atomic mass is 16.6. The van der Waals surface area contributed by atoms with Crippen molar-refractivity contribution in [1.29, 1.82) is 0 Å². The predicted octanol–water partition coefficient (Wildman–Crippen LogP) is 2.24. The molecule has 1 amide bonds. The molecule has 0 radical (unpaired) electrons. The van der Waals surface area contributed by atoms with Gasteiger partial charge in [-0.3, -0.25) is 0 Å². The van der Waals surface area contributed by atoms with E-state index in [-0.39, 0.29) is 17.6 Å². The largest absolute Gasteiger partial charge is 0.446 e. The summed E-state index contributed by atoms with van der Waals surface area (Å²) in [6.07, 6.45) is 1.83. The summed E-state index contributed by atoms with van der Waals surface area (Å²) in [5.74, 6) is 0. The van der Waals surface area contributed by atoms with Crippen molar-refractivity contribution < 1.29 is 9.53 Å². The molecule has 0 bridgehead atoms. The van der Waals surface area contributed by atoms with Crippen LogP contribution in [0.3, 0.4) is 0 Å². The fourth-order valence-electron chi connectivity index (χ4n) is 1.97. The van der Waals surface area contributed by atoms with Gasteiger partial charge in [0.05, 0.1) is 0 Å². The van der Waals surface area contributed by atoms with Gasteiger partial charge in [0.2, 0.25) is 0 Å². The first kappa shape index (κ1) is 14.3. The van der Waals surface area contributed by atoms with Gasteiger partial charge in [-0.1, -0.05) is 34.1 Å². The highest BCUT2D eigenvalue weighted by Gasteiger charge is 2.29. The van der Waals surface area contributed by atoms with E-state index in [1.54, 1.807) is 4.90 Å². The zero-order chi connectivity index (χ0) is 12.9. The molecule has 1 heterocycles. The van der Waals surface area contributed by atoms with E-state index in [0.717, 1.165) is 39.0 Å². The van der Waals surface area contributed by atoms with Crippen molar-refractivity contribution in [3.8, 4) is 0 Å². The van der Waals surface area contributed by atoms with Crippen molar-refractivity contribution in [3.63, 3.8) is 0 Å².